The standard InChI is InChI=1S/C16H15ClN2OS/c1-10-6-7-12-4-3-5-14(15(12)18-10)20-11(2)16-19-13(8-17)9-21-16/h3-7,9,11H,8H2,1-2H3. The number of pyridine rings is 1. The highest BCUT2D eigenvalue weighted by Gasteiger charge is 2.14. The highest BCUT2D eigenvalue weighted by Crippen LogP contribution is 2.29. The molecule has 0 radical (unpaired) electrons. The monoisotopic (exact) mass is 318 g/mol. The Balaban J connectivity index is 1.92. The molecule has 0 N–H and O–H groups in total. The predicted octanol–water partition coefficient (Wildman–Crippen LogP) is 4.88. The van der Waals surface area contributed by atoms with Gasteiger partial charge in [0.05, 0.1) is 11.6 Å². The molecule has 0 spiro atoms. The normalized spacial score (nSPS) is 12.5. The molecule has 0 aliphatic carbocycles. The Morgan fingerprint density at radius 1 is 1.24 bits per heavy atom. The van der Waals surface area contributed by atoms with E-state index >= 15 is 0 Å². The van der Waals surface area contributed by atoms with Crippen LogP contribution < -0.4 is 4.74 Å². The lowest BCUT2D eigenvalue weighted by atomic mass is 10.2. The second-order valence-corrected chi connectivity index (χ2v) is 6.01. The highest BCUT2D eigenvalue weighted by molar-refractivity contribution is 7.09. The lowest BCUT2D eigenvalue weighted by molar-refractivity contribution is 0.229. The Morgan fingerprint density at radius 3 is 2.86 bits per heavy atom. The van der Waals surface area contributed by atoms with Gasteiger partial charge in [0.25, 0.3) is 0 Å². The summed E-state index contributed by atoms with van der Waals surface area (Å²) < 4.78 is 6.07. The number of hydrogen-bond acceptors (Lipinski definition) is 4. The first kappa shape index (κ1) is 14.3. The van der Waals surface area contributed by atoms with Gasteiger partial charge < -0.3 is 4.74 Å². The van der Waals surface area contributed by atoms with Crippen LogP contribution in [0.3, 0.4) is 0 Å². The lowest BCUT2D eigenvalue weighted by Gasteiger charge is -2.14. The predicted molar refractivity (Wildman–Crippen MR) is 87.2 cm³/mol. The van der Waals surface area contributed by atoms with Gasteiger partial charge in [-0.1, -0.05) is 18.2 Å². The average molecular weight is 319 g/mol. The van der Waals surface area contributed by atoms with Gasteiger partial charge in [-0.05, 0) is 26.0 Å². The molecule has 2 heterocycles. The van der Waals surface area contributed by atoms with E-state index in [1.807, 2.05) is 43.5 Å². The summed E-state index contributed by atoms with van der Waals surface area (Å²) in [4.78, 5) is 9.04. The number of thiazole rings is 1. The zero-order valence-electron chi connectivity index (χ0n) is 11.8. The van der Waals surface area contributed by atoms with Crippen LogP contribution in [0.4, 0.5) is 0 Å². The number of rotatable bonds is 4. The molecule has 0 fully saturated rings. The zero-order chi connectivity index (χ0) is 14.8. The zero-order valence-corrected chi connectivity index (χ0v) is 13.4. The number of alkyl halides is 1. The minimum atomic E-state index is -0.125. The Kier molecular flexibility index (Phi) is 4.08. The molecule has 0 saturated carbocycles. The van der Waals surface area contributed by atoms with E-state index in [0.29, 0.717) is 5.88 Å². The molecule has 0 saturated heterocycles. The minimum Gasteiger partial charge on any atom is -0.481 e. The molecule has 0 amide bonds. The molecule has 1 unspecified atom stereocenters. The fourth-order valence-corrected chi connectivity index (χ4v) is 3.16. The number of benzene rings is 1. The third-order valence-corrected chi connectivity index (χ3v) is 4.51. The number of aromatic nitrogens is 2. The number of para-hydroxylation sites is 1. The van der Waals surface area contributed by atoms with Crippen LogP contribution in [0.1, 0.15) is 29.4 Å². The van der Waals surface area contributed by atoms with Crippen molar-refractivity contribution in [3.63, 3.8) is 0 Å². The molecule has 0 aliphatic heterocycles. The summed E-state index contributed by atoms with van der Waals surface area (Å²) in [6.45, 7) is 3.97. The van der Waals surface area contributed by atoms with Gasteiger partial charge in [0, 0.05) is 16.5 Å². The number of ether oxygens (including phenoxy) is 1. The molecule has 3 aromatic rings. The van der Waals surface area contributed by atoms with Gasteiger partial charge in [0.1, 0.15) is 22.4 Å². The van der Waals surface area contributed by atoms with Crippen molar-refractivity contribution in [2.24, 2.45) is 0 Å². The summed E-state index contributed by atoms with van der Waals surface area (Å²) in [6.07, 6.45) is -0.125. The molecule has 1 aromatic carbocycles. The maximum absolute atomic E-state index is 6.07. The van der Waals surface area contributed by atoms with E-state index < -0.39 is 0 Å². The Hall–Kier alpha value is -1.65. The van der Waals surface area contributed by atoms with Gasteiger partial charge >= 0.3 is 0 Å². The SMILES string of the molecule is Cc1ccc2cccc(OC(C)c3nc(CCl)cs3)c2n1. The van der Waals surface area contributed by atoms with Gasteiger partial charge in [-0.2, -0.15) is 0 Å². The summed E-state index contributed by atoms with van der Waals surface area (Å²) in [5, 5.41) is 3.97. The van der Waals surface area contributed by atoms with Crippen LogP contribution in [0.5, 0.6) is 5.75 Å². The van der Waals surface area contributed by atoms with E-state index in [4.69, 9.17) is 16.3 Å². The van der Waals surface area contributed by atoms with E-state index in [2.05, 4.69) is 16.0 Å². The summed E-state index contributed by atoms with van der Waals surface area (Å²) in [5.41, 5.74) is 2.75. The van der Waals surface area contributed by atoms with Crippen LogP contribution in [0.25, 0.3) is 10.9 Å². The largest absolute Gasteiger partial charge is 0.481 e. The van der Waals surface area contributed by atoms with Crippen molar-refractivity contribution < 1.29 is 4.74 Å². The number of aryl methyl sites for hydroxylation is 1. The van der Waals surface area contributed by atoms with E-state index in [1.54, 1.807) is 11.3 Å². The van der Waals surface area contributed by atoms with Crippen LogP contribution in [0, 0.1) is 6.92 Å². The molecule has 3 rings (SSSR count). The summed E-state index contributed by atoms with van der Waals surface area (Å²) in [5.74, 6) is 1.21. The first-order valence-corrected chi connectivity index (χ1v) is 8.12. The first-order chi connectivity index (χ1) is 10.2. The molecular formula is C16H15ClN2OS. The Bertz CT molecular complexity index is 772. The minimum absolute atomic E-state index is 0.125. The van der Waals surface area contributed by atoms with Gasteiger partial charge in [-0.3, -0.25) is 0 Å². The average Bonchev–Trinajstić information content (AvgIpc) is 2.97. The van der Waals surface area contributed by atoms with Crippen molar-refractivity contribution in [1.29, 1.82) is 0 Å². The fraction of sp³-hybridized carbons (Fsp3) is 0.250. The number of fused-ring (bicyclic) bond motifs is 1. The van der Waals surface area contributed by atoms with Gasteiger partial charge in [0.2, 0.25) is 0 Å². The molecule has 0 bridgehead atoms. The molecule has 2 aromatic heterocycles. The second-order valence-electron chi connectivity index (χ2n) is 4.85. The van der Waals surface area contributed by atoms with Crippen molar-refractivity contribution in [3.8, 4) is 5.75 Å². The number of hydrogen-bond donors (Lipinski definition) is 0. The van der Waals surface area contributed by atoms with E-state index in [1.165, 1.54) is 0 Å². The molecule has 0 aliphatic rings. The first-order valence-electron chi connectivity index (χ1n) is 6.70. The Morgan fingerprint density at radius 2 is 2.10 bits per heavy atom. The fourth-order valence-electron chi connectivity index (χ4n) is 2.12. The van der Waals surface area contributed by atoms with Gasteiger partial charge in [0.15, 0.2) is 0 Å². The lowest BCUT2D eigenvalue weighted by Crippen LogP contribution is -2.03. The number of nitrogens with zero attached hydrogens (tertiary/aromatic N) is 2. The summed E-state index contributed by atoms with van der Waals surface area (Å²) in [7, 11) is 0. The van der Waals surface area contributed by atoms with Crippen molar-refractivity contribution >= 4 is 33.8 Å². The van der Waals surface area contributed by atoms with E-state index in [9.17, 15) is 0 Å². The molecule has 3 nitrogen and oxygen atoms in total. The third-order valence-electron chi connectivity index (χ3n) is 3.18. The van der Waals surface area contributed by atoms with Crippen molar-refractivity contribution in [2.75, 3.05) is 0 Å². The Labute approximate surface area is 132 Å². The molecule has 21 heavy (non-hydrogen) atoms. The molecular weight excluding hydrogens is 304 g/mol. The van der Waals surface area contributed by atoms with Crippen LogP contribution in [-0.2, 0) is 5.88 Å². The quantitative estimate of drug-likeness (QED) is 0.643. The molecule has 5 heteroatoms. The van der Waals surface area contributed by atoms with E-state index in [0.717, 1.165) is 33.0 Å². The van der Waals surface area contributed by atoms with Crippen molar-refractivity contribution in [2.45, 2.75) is 25.8 Å². The third kappa shape index (κ3) is 3.01. The summed E-state index contributed by atoms with van der Waals surface area (Å²) >= 11 is 7.36. The topological polar surface area (TPSA) is 35.0 Å². The maximum Gasteiger partial charge on any atom is 0.147 e. The smallest absolute Gasteiger partial charge is 0.147 e. The van der Waals surface area contributed by atoms with E-state index in [-0.39, 0.29) is 6.10 Å². The molecule has 108 valence electrons. The van der Waals surface area contributed by atoms with Gasteiger partial charge in [-0.15, -0.1) is 22.9 Å². The van der Waals surface area contributed by atoms with Crippen molar-refractivity contribution in [1.82, 2.24) is 9.97 Å². The van der Waals surface area contributed by atoms with Crippen LogP contribution >= 0.6 is 22.9 Å². The molecule has 1 atom stereocenters. The van der Waals surface area contributed by atoms with Crippen LogP contribution in [-0.4, -0.2) is 9.97 Å². The van der Waals surface area contributed by atoms with Crippen LogP contribution in [0.15, 0.2) is 35.7 Å². The summed E-state index contributed by atoms with van der Waals surface area (Å²) in [6, 6.07) is 10.0. The highest BCUT2D eigenvalue weighted by atomic mass is 35.5. The van der Waals surface area contributed by atoms with Crippen molar-refractivity contribution in [3.05, 3.63) is 52.1 Å². The second kappa shape index (κ2) is 6.00. The maximum atomic E-state index is 6.07. The number of halogens is 1. The van der Waals surface area contributed by atoms with Gasteiger partial charge in [-0.25, -0.2) is 9.97 Å². The van der Waals surface area contributed by atoms with Crippen LogP contribution in [0.2, 0.25) is 0 Å².